The van der Waals surface area contributed by atoms with Crippen LogP contribution in [0.3, 0.4) is 0 Å². The Hall–Kier alpha value is -3.84. The predicted molar refractivity (Wildman–Crippen MR) is 176 cm³/mol. The highest BCUT2D eigenvalue weighted by atomic mass is 16.5. The molecule has 3 aromatic rings. The third kappa shape index (κ3) is 7.44. The normalized spacial score (nSPS) is 20.6. The molecular weight excluding hydrogens is 548 g/mol. The Kier molecular flexibility index (Phi) is 9.51. The van der Waals surface area contributed by atoms with Crippen LogP contribution in [0.1, 0.15) is 62.5 Å². The lowest BCUT2D eigenvalue weighted by molar-refractivity contribution is -0.117. The number of methoxy groups -OCH3 is 1. The molecule has 3 fully saturated rings. The summed E-state index contributed by atoms with van der Waals surface area (Å²) in [7, 11) is 1.45. The molecule has 7 nitrogen and oxygen atoms in total. The average Bonchev–Trinajstić information content (AvgIpc) is 3.91. The summed E-state index contributed by atoms with van der Waals surface area (Å²) in [6.07, 6.45) is 8.67. The van der Waals surface area contributed by atoms with Gasteiger partial charge in [0, 0.05) is 37.6 Å². The quantitative estimate of drug-likeness (QED) is 0.279. The molecule has 3 aliphatic rings. The molecule has 1 aliphatic heterocycles. The average molecular weight is 595 g/mol. The maximum absolute atomic E-state index is 13.0. The summed E-state index contributed by atoms with van der Waals surface area (Å²) in [4.78, 5) is 30.0. The van der Waals surface area contributed by atoms with Crippen molar-refractivity contribution < 1.29 is 14.3 Å². The van der Waals surface area contributed by atoms with Gasteiger partial charge in [-0.2, -0.15) is 0 Å². The molecule has 0 aromatic heterocycles. The second-order valence-electron chi connectivity index (χ2n) is 13.0. The summed E-state index contributed by atoms with van der Waals surface area (Å²) in [5.41, 5.74) is 12.7. The van der Waals surface area contributed by atoms with Crippen molar-refractivity contribution in [2.75, 3.05) is 30.4 Å². The van der Waals surface area contributed by atoms with Gasteiger partial charge in [0.05, 0.1) is 18.5 Å². The molecule has 2 saturated carbocycles. The van der Waals surface area contributed by atoms with Crippen LogP contribution in [0.25, 0.3) is 11.1 Å². The fraction of sp³-hybridized carbons (Fsp3) is 0.459. The van der Waals surface area contributed by atoms with Crippen LogP contribution in [0, 0.1) is 11.8 Å². The van der Waals surface area contributed by atoms with E-state index in [1.807, 2.05) is 11.0 Å². The third-order valence-electron chi connectivity index (χ3n) is 9.73. The summed E-state index contributed by atoms with van der Waals surface area (Å²) in [5.74, 6) is 0.928. The number of nitrogens with two attached hydrogens (primary N) is 1. The largest absolute Gasteiger partial charge is 0.453 e. The van der Waals surface area contributed by atoms with Gasteiger partial charge in [-0.15, -0.1) is 0 Å². The van der Waals surface area contributed by atoms with E-state index in [0.29, 0.717) is 12.5 Å². The molecule has 2 aliphatic carbocycles. The number of anilines is 2. The smallest absolute Gasteiger partial charge is 0.410 e. The second kappa shape index (κ2) is 13.9. The van der Waals surface area contributed by atoms with Crippen LogP contribution in [0.5, 0.6) is 0 Å². The highest BCUT2D eigenvalue weighted by molar-refractivity contribution is 5.98. The maximum atomic E-state index is 13.0. The molecular formula is C37H46N4O3. The van der Waals surface area contributed by atoms with Crippen molar-refractivity contribution in [1.82, 2.24) is 4.90 Å². The third-order valence-corrected chi connectivity index (χ3v) is 9.73. The second-order valence-corrected chi connectivity index (χ2v) is 13.0. The van der Waals surface area contributed by atoms with Crippen molar-refractivity contribution in [3.05, 3.63) is 83.9 Å². The lowest BCUT2D eigenvalue weighted by Gasteiger charge is -2.35. The van der Waals surface area contributed by atoms with E-state index in [1.165, 1.54) is 12.7 Å². The number of carbonyl (C=O) groups is 2. The minimum atomic E-state index is -0.294. The van der Waals surface area contributed by atoms with Gasteiger partial charge in [-0.3, -0.25) is 4.79 Å². The van der Waals surface area contributed by atoms with Crippen LogP contribution in [0.2, 0.25) is 0 Å². The van der Waals surface area contributed by atoms with Crippen LogP contribution in [-0.4, -0.2) is 49.2 Å². The van der Waals surface area contributed by atoms with Gasteiger partial charge in [-0.25, -0.2) is 4.79 Å². The van der Waals surface area contributed by atoms with Crippen LogP contribution in [0.4, 0.5) is 16.2 Å². The molecule has 0 spiro atoms. The standard InChI is InChI=1S/C37H46N4O3/c1-44-37(43)41(33-15-13-32(38)14-16-33)25-28-8-5-9-30(23-28)31-12-17-35(34(24-31)39-36(42)29-10-11-29)40-20-18-27(19-21-40)22-26-6-3-2-4-7-26/h2-9,12,17,23-24,27,29,32-33H,10-11,13-16,18-22,25,38H2,1H3,(H,39,42). The first-order valence-corrected chi connectivity index (χ1v) is 16.4. The molecule has 0 radical (unpaired) electrons. The summed E-state index contributed by atoms with van der Waals surface area (Å²) in [6.45, 7) is 2.45. The molecule has 0 bridgehead atoms. The Morgan fingerprint density at radius 1 is 0.841 bits per heavy atom. The first-order chi connectivity index (χ1) is 21.5. The van der Waals surface area contributed by atoms with Crippen molar-refractivity contribution in [2.24, 2.45) is 17.6 Å². The fourth-order valence-corrected chi connectivity index (χ4v) is 6.92. The Labute approximate surface area is 261 Å². The number of ether oxygens (including phenoxy) is 1. The molecule has 7 heteroatoms. The Bertz CT molecular complexity index is 1420. The SMILES string of the molecule is COC(=O)N(Cc1cccc(-c2ccc(N3CCC(Cc4ccccc4)CC3)c(NC(=O)C3CC3)c2)c1)C1CCC(N)CC1. The zero-order chi connectivity index (χ0) is 30.5. The summed E-state index contributed by atoms with van der Waals surface area (Å²) < 4.78 is 5.17. The number of piperidine rings is 1. The Balaban J connectivity index is 1.20. The zero-order valence-electron chi connectivity index (χ0n) is 25.9. The minimum Gasteiger partial charge on any atom is -0.453 e. The van der Waals surface area contributed by atoms with Gasteiger partial charge in [0.1, 0.15) is 0 Å². The number of nitrogens with one attached hydrogen (secondary N) is 1. The van der Waals surface area contributed by atoms with Crippen molar-refractivity contribution in [1.29, 1.82) is 0 Å². The first-order valence-electron chi connectivity index (χ1n) is 16.4. The van der Waals surface area contributed by atoms with E-state index in [9.17, 15) is 9.59 Å². The van der Waals surface area contributed by atoms with Crippen LogP contribution >= 0.6 is 0 Å². The predicted octanol–water partition coefficient (Wildman–Crippen LogP) is 7.00. The van der Waals surface area contributed by atoms with Crippen molar-refractivity contribution in [2.45, 2.75) is 76.4 Å². The van der Waals surface area contributed by atoms with Gasteiger partial charge < -0.3 is 25.6 Å². The summed E-state index contributed by atoms with van der Waals surface area (Å²) >= 11 is 0. The van der Waals surface area contributed by atoms with Gasteiger partial charge in [0.2, 0.25) is 5.91 Å². The molecule has 0 unspecified atom stereocenters. The molecule has 2 amide bonds. The monoisotopic (exact) mass is 594 g/mol. The number of nitrogens with zero attached hydrogens (tertiary/aromatic N) is 2. The number of rotatable bonds is 9. The molecule has 3 N–H and O–H groups in total. The molecule has 6 rings (SSSR count). The first kappa shape index (κ1) is 30.2. The molecule has 1 heterocycles. The molecule has 1 saturated heterocycles. The number of carbonyl (C=O) groups excluding carboxylic acids is 2. The van der Waals surface area contributed by atoms with Crippen molar-refractivity contribution >= 4 is 23.4 Å². The van der Waals surface area contributed by atoms with E-state index in [4.69, 9.17) is 10.5 Å². The fourth-order valence-electron chi connectivity index (χ4n) is 6.92. The van der Waals surface area contributed by atoms with E-state index < -0.39 is 0 Å². The van der Waals surface area contributed by atoms with E-state index in [2.05, 4.69) is 76.9 Å². The summed E-state index contributed by atoms with van der Waals surface area (Å²) in [6, 6.07) is 26.0. The van der Waals surface area contributed by atoms with E-state index in [1.54, 1.807) is 0 Å². The Morgan fingerprint density at radius 2 is 1.55 bits per heavy atom. The summed E-state index contributed by atoms with van der Waals surface area (Å²) in [5, 5.41) is 3.29. The van der Waals surface area contributed by atoms with E-state index in [0.717, 1.165) is 98.9 Å². The Morgan fingerprint density at radius 3 is 2.25 bits per heavy atom. The molecule has 0 atom stereocenters. The van der Waals surface area contributed by atoms with Crippen LogP contribution in [0.15, 0.2) is 72.8 Å². The lowest BCUT2D eigenvalue weighted by atomic mass is 9.90. The molecule has 232 valence electrons. The zero-order valence-corrected chi connectivity index (χ0v) is 25.9. The van der Waals surface area contributed by atoms with E-state index >= 15 is 0 Å². The van der Waals surface area contributed by atoms with Gasteiger partial charge in [-0.05, 0) is 104 Å². The van der Waals surface area contributed by atoms with Crippen molar-refractivity contribution in [3.8, 4) is 11.1 Å². The maximum Gasteiger partial charge on any atom is 0.410 e. The minimum absolute atomic E-state index is 0.122. The number of hydrogen-bond acceptors (Lipinski definition) is 5. The van der Waals surface area contributed by atoms with Gasteiger partial charge in [0.25, 0.3) is 0 Å². The van der Waals surface area contributed by atoms with Crippen LogP contribution < -0.4 is 16.0 Å². The number of hydrogen-bond donors (Lipinski definition) is 2. The van der Waals surface area contributed by atoms with E-state index in [-0.39, 0.29) is 30.0 Å². The number of amides is 2. The molecule has 44 heavy (non-hydrogen) atoms. The topological polar surface area (TPSA) is 87.9 Å². The highest BCUT2D eigenvalue weighted by Gasteiger charge is 2.31. The van der Waals surface area contributed by atoms with Crippen LogP contribution in [-0.2, 0) is 22.5 Å². The molecule has 3 aromatic carbocycles. The van der Waals surface area contributed by atoms with Crippen molar-refractivity contribution in [3.63, 3.8) is 0 Å². The highest BCUT2D eigenvalue weighted by Crippen LogP contribution is 2.37. The van der Waals surface area contributed by atoms with Gasteiger partial charge >= 0.3 is 6.09 Å². The lowest BCUT2D eigenvalue weighted by Crippen LogP contribution is -2.43. The number of benzene rings is 3. The van der Waals surface area contributed by atoms with Gasteiger partial charge in [-0.1, -0.05) is 54.6 Å². The van der Waals surface area contributed by atoms with Gasteiger partial charge in [0.15, 0.2) is 0 Å².